The van der Waals surface area contributed by atoms with E-state index in [9.17, 15) is 4.79 Å². The first-order valence-corrected chi connectivity index (χ1v) is 9.68. The second-order valence-corrected chi connectivity index (χ2v) is 7.90. The summed E-state index contributed by atoms with van der Waals surface area (Å²) in [5, 5.41) is 1.53. The zero-order valence-corrected chi connectivity index (χ0v) is 17.0. The average Bonchev–Trinajstić information content (AvgIpc) is 3.09. The third-order valence-corrected chi connectivity index (χ3v) is 5.57. The zero-order chi connectivity index (χ0) is 19.8. The van der Waals surface area contributed by atoms with Crippen molar-refractivity contribution in [2.75, 3.05) is 34.2 Å². The van der Waals surface area contributed by atoms with Gasteiger partial charge in [0.15, 0.2) is 5.75 Å². The Morgan fingerprint density at radius 2 is 2.07 bits per heavy atom. The van der Waals surface area contributed by atoms with Gasteiger partial charge in [-0.2, -0.15) is 0 Å². The molecule has 6 heteroatoms. The van der Waals surface area contributed by atoms with E-state index in [1.807, 2.05) is 18.2 Å². The van der Waals surface area contributed by atoms with Crippen molar-refractivity contribution in [1.82, 2.24) is 9.80 Å². The number of benzene rings is 2. The molecule has 0 saturated heterocycles. The van der Waals surface area contributed by atoms with Crippen molar-refractivity contribution in [3.05, 3.63) is 64.4 Å². The molecule has 4 rings (SSSR count). The summed E-state index contributed by atoms with van der Waals surface area (Å²) in [6.45, 7) is 1.78. The topological polar surface area (TPSA) is 45.9 Å². The lowest BCUT2D eigenvalue weighted by atomic mass is 9.87. The van der Waals surface area contributed by atoms with Crippen molar-refractivity contribution in [3.8, 4) is 5.75 Å². The quantitative estimate of drug-likeness (QED) is 0.624. The van der Waals surface area contributed by atoms with Gasteiger partial charge in [0, 0.05) is 44.1 Å². The predicted molar refractivity (Wildman–Crippen MR) is 110 cm³/mol. The first kappa shape index (κ1) is 18.8. The van der Waals surface area contributed by atoms with Gasteiger partial charge in [-0.3, -0.25) is 0 Å². The number of hydrogen-bond acceptors (Lipinski definition) is 4. The average molecular weight is 399 g/mol. The van der Waals surface area contributed by atoms with Crippen molar-refractivity contribution in [1.29, 1.82) is 0 Å². The fraction of sp³-hybridized carbons (Fsp3) is 0.318. The van der Waals surface area contributed by atoms with Crippen LogP contribution in [0.3, 0.4) is 0 Å². The number of carbonyl (C=O) groups is 1. The van der Waals surface area contributed by atoms with Gasteiger partial charge >= 0.3 is 6.09 Å². The maximum absolute atomic E-state index is 12.1. The van der Waals surface area contributed by atoms with E-state index < -0.39 is 6.09 Å². The fourth-order valence-corrected chi connectivity index (χ4v) is 4.01. The number of carbonyl (C=O) groups excluding carboxylic acids is 1. The first-order chi connectivity index (χ1) is 13.4. The number of nitrogens with zero attached hydrogens (tertiary/aromatic N) is 2. The second-order valence-electron chi connectivity index (χ2n) is 7.49. The van der Waals surface area contributed by atoms with Crippen LogP contribution >= 0.6 is 11.6 Å². The predicted octanol–water partition coefficient (Wildman–Crippen LogP) is 4.77. The van der Waals surface area contributed by atoms with Gasteiger partial charge in [-0.05, 0) is 42.8 Å². The minimum Gasteiger partial charge on any atom is -0.464 e. The normalized spacial score (nSPS) is 17.2. The van der Waals surface area contributed by atoms with E-state index in [0.29, 0.717) is 10.8 Å². The third kappa shape index (κ3) is 3.48. The molecule has 1 aliphatic rings. The molecule has 0 N–H and O–H groups in total. The number of amides is 1. The molecule has 5 nitrogen and oxygen atoms in total. The SMILES string of the molecule is CN1CCc2cc(Cl)c(OC(=O)N(C)C)cc2C(c2cccc3ccoc23)C1. The standard InChI is InChI=1S/C22H23ClN2O3/c1-24(2)22(26)28-20-12-17-15(11-19(20)23)7-9-25(3)13-18(17)16-6-4-5-14-8-10-27-21(14)16/h4-6,8,10-12,18H,7,9,13H2,1-3H3. The number of rotatable bonds is 2. The van der Waals surface area contributed by atoms with Crippen LogP contribution in [0.15, 0.2) is 47.1 Å². The summed E-state index contributed by atoms with van der Waals surface area (Å²) in [6.07, 6.45) is 2.16. The molecule has 28 heavy (non-hydrogen) atoms. The van der Waals surface area contributed by atoms with Crippen LogP contribution in [0.2, 0.25) is 5.02 Å². The van der Waals surface area contributed by atoms with Crippen molar-refractivity contribution >= 4 is 28.7 Å². The molecule has 1 aromatic heterocycles. The molecule has 0 bridgehead atoms. The van der Waals surface area contributed by atoms with Gasteiger partial charge in [0.05, 0.1) is 11.3 Å². The number of halogens is 1. The van der Waals surface area contributed by atoms with Crippen LogP contribution in [0.25, 0.3) is 11.0 Å². The van der Waals surface area contributed by atoms with Crippen molar-refractivity contribution < 1.29 is 13.9 Å². The van der Waals surface area contributed by atoms with Gasteiger partial charge in [-0.25, -0.2) is 4.79 Å². The third-order valence-electron chi connectivity index (χ3n) is 5.27. The highest BCUT2D eigenvalue weighted by molar-refractivity contribution is 6.32. The number of likely N-dealkylation sites (N-methyl/N-ethyl adjacent to an activating group) is 1. The molecule has 0 fully saturated rings. The van der Waals surface area contributed by atoms with Gasteiger partial charge in [0.1, 0.15) is 5.58 Å². The molecule has 2 heterocycles. The van der Waals surface area contributed by atoms with Gasteiger partial charge in [-0.1, -0.05) is 29.8 Å². The molecule has 146 valence electrons. The Kier molecular flexibility index (Phi) is 5.04. The lowest BCUT2D eigenvalue weighted by molar-refractivity contribution is 0.172. The highest BCUT2D eigenvalue weighted by Crippen LogP contribution is 2.39. The minimum absolute atomic E-state index is 0.0893. The summed E-state index contributed by atoms with van der Waals surface area (Å²) in [5.41, 5.74) is 4.33. The maximum atomic E-state index is 12.1. The van der Waals surface area contributed by atoms with E-state index in [0.717, 1.165) is 41.6 Å². The van der Waals surface area contributed by atoms with Crippen LogP contribution < -0.4 is 4.74 Å². The molecule has 0 spiro atoms. The lowest BCUT2D eigenvalue weighted by Crippen LogP contribution is -2.25. The fourth-order valence-electron chi connectivity index (χ4n) is 3.78. The molecular formula is C22H23ClN2O3. The molecule has 1 amide bonds. The maximum Gasteiger partial charge on any atom is 0.414 e. The molecule has 3 aromatic rings. The molecule has 2 aromatic carbocycles. The Bertz CT molecular complexity index is 1030. The van der Waals surface area contributed by atoms with Gasteiger partial charge in [-0.15, -0.1) is 0 Å². The molecule has 1 atom stereocenters. The summed E-state index contributed by atoms with van der Waals surface area (Å²) >= 11 is 6.44. The number of furan rings is 1. The minimum atomic E-state index is -0.447. The second kappa shape index (κ2) is 7.49. The summed E-state index contributed by atoms with van der Waals surface area (Å²) in [6, 6.07) is 12.1. The van der Waals surface area contributed by atoms with E-state index in [-0.39, 0.29) is 5.92 Å². The van der Waals surface area contributed by atoms with Gasteiger partial charge in [0.2, 0.25) is 0 Å². The molecule has 0 radical (unpaired) electrons. The van der Waals surface area contributed by atoms with Crippen LogP contribution in [0, 0.1) is 0 Å². The van der Waals surface area contributed by atoms with Crippen LogP contribution in [-0.2, 0) is 6.42 Å². The van der Waals surface area contributed by atoms with Crippen molar-refractivity contribution in [2.24, 2.45) is 0 Å². The number of ether oxygens (including phenoxy) is 1. The van der Waals surface area contributed by atoms with Crippen LogP contribution in [0.5, 0.6) is 5.75 Å². The monoisotopic (exact) mass is 398 g/mol. The van der Waals surface area contributed by atoms with E-state index >= 15 is 0 Å². The number of para-hydroxylation sites is 1. The zero-order valence-electron chi connectivity index (χ0n) is 16.2. The van der Waals surface area contributed by atoms with E-state index in [4.69, 9.17) is 20.8 Å². The van der Waals surface area contributed by atoms with E-state index in [1.54, 1.807) is 20.4 Å². The van der Waals surface area contributed by atoms with Crippen LogP contribution in [0.4, 0.5) is 4.79 Å². The van der Waals surface area contributed by atoms with Crippen molar-refractivity contribution in [2.45, 2.75) is 12.3 Å². The molecular weight excluding hydrogens is 376 g/mol. The van der Waals surface area contributed by atoms with Crippen LogP contribution in [-0.4, -0.2) is 50.1 Å². The Labute approximate surface area is 169 Å². The molecule has 0 saturated carbocycles. The largest absolute Gasteiger partial charge is 0.464 e. The Hall–Kier alpha value is -2.50. The lowest BCUT2D eigenvalue weighted by Gasteiger charge is -2.23. The van der Waals surface area contributed by atoms with E-state index in [1.165, 1.54) is 10.5 Å². The van der Waals surface area contributed by atoms with E-state index in [2.05, 4.69) is 30.1 Å². The Balaban J connectivity index is 1.84. The summed E-state index contributed by atoms with van der Waals surface area (Å²) in [5.74, 6) is 0.478. The summed E-state index contributed by atoms with van der Waals surface area (Å²) < 4.78 is 11.3. The molecule has 0 aliphatic carbocycles. The Morgan fingerprint density at radius 3 is 2.86 bits per heavy atom. The van der Waals surface area contributed by atoms with Crippen LogP contribution in [0.1, 0.15) is 22.6 Å². The number of hydrogen-bond donors (Lipinski definition) is 0. The molecule has 1 unspecified atom stereocenters. The molecule has 1 aliphatic heterocycles. The summed E-state index contributed by atoms with van der Waals surface area (Å²) in [4.78, 5) is 15.8. The van der Waals surface area contributed by atoms with Crippen molar-refractivity contribution in [3.63, 3.8) is 0 Å². The smallest absolute Gasteiger partial charge is 0.414 e. The number of fused-ring (bicyclic) bond motifs is 2. The van der Waals surface area contributed by atoms with Gasteiger partial charge in [0.25, 0.3) is 0 Å². The summed E-state index contributed by atoms with van der Waals surface area (Å²) in [7, 11) is 5.42. The Morgan fingerprint density at radius 1 is 1.25 bits per heavy atom. The van der Waals surface area contributed by atoms with Gasteiger partial charge < -0.3 is 19.0 Å². The first-order valence-electron chi connectivity index (χ1n) is 9.30. The highest BCUT2D eigenvalue weighted by atomic mass is 35.5. The highest BCUT2D eigenvalue weighted by Gasteiger charge is 2.27.